The molecule has 1 N–H and O–H groups in total. The summed E-state index contributed by atoms with van der Waals surface area (Å²) in [6, 6.07) is 15.5. The molecule has 0 saturated heterocycles. The van der Waals surface area contributed by atoms with Gasteiger partial charge in [-0.05, 0) is 31.6 Å². The van der Waals surface area contributed by atoms with Gasteiger partial charge in [0, 0.05) is 41.1 Å². The van der Waals surface area contributed by atoms with Gasteiger partial charge in [0.15, 0.2) is 12.3 Å². The number of rotatable bonds is 8. The van der Waals surface area contributed by atoms with Crippen LogP contribution in [0.15, 0.2) is 72.5 Å². The van der Waals surface area contributed by atoms with Crippen LogP contribution in [0.5, 0.6) is 0 Å². The van der Waals surface area contributed by atoms with E-state index in [9.17, 15) is 25.9 Å². The first kappa shape index (κ1) is 31.4. The quantitative estimate of drug-likeness (QED) is 0.277. The van der Waals surface area contributed by atoms with E-state index in [4.69, 9.17) is 0 Å². The van der Waals surface area contributed by atoms with E-state index in [0.29, 0.717) is 0 Å². The van der Waals surface area contributed by atoms with Gasteiger partial charge in [-0.1, -0.05) is 56.3 Å². The summed E-state index contributed by atoms with van der Waals surface area (Å²) in [6.45, 7) is 8.37. The van der Waals surface area contributed by atoms with Crippen LogP contribution in [0.4, 0.5) is 11.4 Å². The van der Waals surface area contributed by atoms with Crippen molar-refractivity contribution in [2.24, 2.45) is 0 Å². The van der Waals surface area contributed by atoms with Gasteiger partial charge in [0.05, 0.1) is 21.3 Å². The maximum Gasteiger partial charge on any atom is 1.00 e. The van der Waals surface area contributed by atoms with Crippen LogP contribution < -0.4 is 56.3 Å². The molecule has 2 aliphatic heterocycles. The molecule has 2 aromatic rings. The summed E-state index contributed by atoms with van der Waals surface area (Å²) in [5, 5.41) is 0. The van der Waals surface area contributed by atoms with Crippen LogP contribution in [0.2, 0.25) is 0 Å². The van der Waals surface area contributed by atoms with E-state index < -0.39 is 42.6 Å². The molecule has 0 radical (unpaired) electrons. The molecular formula is C27H32KN2O6S2+. The summed E-state index contributed by atoms with van der Waals surface area (Å²) < 4.78 is 68.6. The standard InChI is InChI=1S/C27H32N2O6S2.K/c1-26(2)20-10-5-7-12-22(20)28(16-18-36(30,31)32)24(26)14-9-15-25-27(3,4)21-11-6-8-13-23(21)29(25)17-19-37(33,34)35;/h5-15H,16-19H2,1-4H3,(H-,30,31,32,33,34,35);/q;+1. The van der Waals surface area contributed by atoms with Crippen molar-refractivity contribution in [2.45, 2.75) is 38.5 Å². The van der Waals surface area contributed by atoms with Gasteiger partial charge in [0.25, 0.3) is 10.1 Å². The third-order valence-electron chi connectivity index (χ3n) is 7.24. The van der Waals surface area contributed by atoms with E-state index in [-0.39, 0.29) is 64.5 Å². The fourth-order valence-electron chi connectivity index (χ4n) is 5.40. The number of para-hydroxylation sites is 2. The Morgan fingerprint density at radius 2 is 1.53 bits per heavy atom. The minimum atomic E-state index is -4.40. The molecule has 0 bridgehead atoms. The Bertz CT molecular complexity index is 1540. The minimum Gasteiger partial charge on any atom is -0.748 e. The topological polar surface area (TPSA) is 118 Å². The smallest absolute Gasteiger partial charge is 0.748 e. The Morgan fingerprint density at radius 1 is 0.921 bits per heavy atom. The first-order valence-corrected chi connectivity index (χ1v) is 15.2. The van der Waals surface area contributed by atoms with Crippen molar-refractivity contribution in [3.63, 3.8) is 0 Å². The second kappa shape index (κ2) is 11.4. The molecule has 0 amide bonds. The normalized spacial score (nSPS) is 19.1. The number of allylic oxidation sites excluding steroid dienone is 4. The van der Waals surface area contributed by atoms with Gasteiger partial charge in [-0.2, -0.15) is 13.0 Å². The molecule has 8 nitrogen and oxygen atoms in total. The Hall–Kier alpha value is -1.15. The van der Waals surface area contributed by atoms with Crippen molar-refractivity contribution < 1.29 is 81.9 Å². The van der Waals surface area contributed by atoms with Gasteiger partial charge < -0.3 is 9.45 Å². The fraction of sp³-hybridized carbons (Fsp3) is 0.370. The molecule has 4 rings (SSSR count). The zero-order valence-corrected chi connectivity index (χ0v) is 27.1. The van der Waals surface area contributed by atoms with E-state index in [0.717, 1.165) is 33.9 Å². The third-order valence-corrected chi connectivity index (χ3v) is 8.63. The Labute approximate surface area is 268 Å². The van der Waals surface area contributed by atoms with Crippen molar-refractivity contribution in [3.8, 4) is 0 Å². The van der Waals surface area contributed by atoms with Crippen LogP contribution >= 0.6 is 0 Å². The minimum absolute atomic E-state index is 0. The maximum absolute atomic E-state index is 11.5. The van der Waals surface area contributed by atoms with Gasteiger partial charge >= 0.3 is 51.4 Å². The molecule has 11 heteroatoms. The second-order valence-corrected chi connectivity index (χ2v) is 13.5. The van der Waals surface area contributed by atoms with Crippen LogP contribution in [0, 0.1) is 0 Å². The first-order valence-electron chi connectivity index (χ1n) is 12.0. The van der Waals surface area contributed by atoms with Crippen molar-refractivity contribution in [3.05, 3.63) is 83.6 Å². The van der Waals surface area contributed by atoms with Crippen LogP contribution in [0.1, 0.15) is 38.8 Å². The summed E-state index contributed by atoms with van der Waals surface area (Å²) in [7, 11) is -8.55. The first-order chi connectivity index (χ1) is 17.1. The van der Waals surface area contributed by atoms with Gasteiger partial charge in [-0.25, -0.2) is 8.42 Å². The second-order valence-electron chi connectivity index (χ2n) is 10.4. The average Bonchev–Trinajstić information content (AvgIpc) is 3.15. The van der Waals surface area contributed by atoms with Crippen molar-refractivity contribution in [1.29, 1.82) is 0 Å². The molecule has 0 aliphatic carbocycles. The summed E-state index contributed by atoms with van der Waals surface area (Å²) in [5.41, 5.74) is 4.71. The molecule has 0 spiro atoms. The summed E-state index contributed by atoms with van der Waals surface area (Å²) in [6.07, 6.45) is 5.73. The average molecular weight is 584 g/mol. The molecule has 0 fully saturated rings. The monoisotopic (exact) mass is 583 g/mol. The Kier molecular flexibility index (Phi) is 9.40. The molecular weight excluding hydrogens is 552 g/mol. The summed E-state index contributed by atoms with van der Waals surface area (Å²) >= 11 is 0. The van der Waals surface area contributed by atoms with Gasteiger partial charge in [-0.3, -0.25) is 4.55 Å². The van der Waals surface area contributed by atoms with E-state index >= 15 is 0 Å². The summed E-state index contributed by atoms with van der Waals surface area (Å²) in [5.74, 6) is -0.919. The van der Waals surface area contributed by atoms with Crippen LogP contribution in [-0.2, 0) is 31.1 Å². The Morgan fingerprint density at radius 3 is 2.16 bits per heavy atom. The molecule has 2 heterocycles. The largest absolute Gasteiger partial charge is 1.00 e. The number of nitrogens with zero attached hydrogens (tertiary/aromatic N) is 2. The molecule has 0 atom stereocenters. The van der Waals surface area contributed by atoms with Crippen molar-refractivity contribution in [2.75, 3.05) is 29.5 Å². The number of anilines is 1. The molecule has 198 valence electrons. The zero-order valence-electron chi connectivity index (χ0n) is 22.4. The van der Waals surface area contributed by atoms with E-state index in [1.54, 1.807) is 0 Å². The van der Waals surface area contributed by atoms with Crippen LogP contribution in [-0.4, -0.2) is 60.8 Å². The SMILES string of the molecule is CC1(C)C(C=C/C=C2/N(CCS(=O)(=O)[O-])c3ccccc3C2(C)C)=[N+](CCS(=O)(=O)O)c2ccccc21.[K+]. The number of hydrogen-bond acceptors (Lipinski definition) is 6. The van der Waals surface area contributed by atoms with E-state index in [1.165, 1.54) is 0 Å². The van der Waals surface area contributed by atoms with E-state index in [1.807, 2.05) is 76.2 Å². The van der Waals surface area contributed by atoms with Crippen molar-refractivity contribution in [1.82, 2.24) is 0 Å². The van der Waals surface area contributed by atoms with Gasteiger partial charge in [0.1, 0.15) is 5.75 Å². The third kappa shape index (κ3) is 6.42. The number of fused-ring (bicyclic) bond motifs is 2. The van der Waals surface area contributed by atoms with Crippen molar-refractivity contribution >= 4 is 37.3 Å². The van der Waals surface area contributed by atoms with Gasteiger partial charge in [-0.15, -0.1) is 0 Å². The molecule has 0 saturated carbocycles. The molecule has 2 aromatic carbocycles. The fourth-order valence-corrected chi connectivity index (χ4v) is 6.22. The maximum atomic E-state index is 11.5. The van der Waals surface area contributed by atoms with Crippen LogP contribution in [0.3, 0.4) is 0 Å². The zero-order chi connectivity index (χ0) is 27.2. The van der Waals surface area contributed by atoms with Crippen LogP contribution in [0.25, 0.3) is 0 Å². The predicted octanol–water partition coefficient (Wildman–Crippen LogP) is 0.738. The number of hydrogen-bond donors (Lipinski definition) is 1. The van der Waals surface area contributed by atoms with Gasteiger partial charge in [0.2, 0.25) is 5.69 Å². The predicted molar refractivity (Wildman–Crippen MR) is 144 cm³/mol. The Balaban J connectivity index is 0.00000400. The molecule has 0 unspecified atom stereocenters. The summed E-state index contributed by atoms with van der Waals surface area (Å²) in [4.78, 5) is 1.88. The van der Waals surface area contributed by atoms with E-state index in [2.05, 4.69) is 27.7 Å². The number of benzene rings is 2. The molecule has 0 aromatic heterocycles. The molecule has 38 heavy (non-hydrogen) atoms. The molecule has 2 aliphatic rings.